The van der Waals surface area contributed by atoms with Crippen LogP contribution < -0.4 is 20.1 Å². The molecule has 0 radical (unpaired) electrons. The van der Waals surface area contributed by atoms with Crippen molar-refractivity contribution in [3.05, 3.63) is 54.1 Å². The van der Waals surface area contributed by atoms with Gasteiger partial charge in [-0.05, 0) is 55.3 Å². The second-order valence-electron chi connectivity index (χ2n) is 6.46. The maximum Gasteiger partial charge on any atom is 0.228 e. The van der Waals surface area contributed by atoms with E-state index in [-0.39, 0.29) is 23.7 Å². The summed E-state index contributed by atoms with van der Waals surface area (Å²) < 4.78 is 10.5. The first kappa shape index (κ1) is 18.8. The summed E-state index contributed by atoms with van der Waals surface area (Å²) in [6.45, 7) is 2.95. The molecule has 1 aliphatic rings. The van der Waals surface area contributed by atoms with Crippen molar-refractivity contribution in [1.29, 1.82) is 0 Å². The highest BCUT2D eigenvalue weighted by atomic mass is 16.5. The number of amides is 2. The van der Waals surface area contributed by atoms with Gasteiger partial charge >= 0.3 is 0 Å². The summed E-state index contributed by atoms with van der Waals surface area (Å²) in [7, 11) is 1.61. The maximum absolute atomic E-state index is 12.3. The lowest BCUT2D eigenvalue weighted by molar-refractivity contribution is -0.125. The van der Waals surface area contributed by atoms with Gasteiger partial charge in [0.1, 0.15) is 11.5 Å². The van der Waals surface area contributed by atoms with Gasteiger partial charge in [-0.25, -0.2) is 0 Å². The lowest BCUT2D eigenvalue weighted by Gasteiger charge is -2.08. The van der Waals surface area contributed by atoms with Crippen LogP contribution in [0, 0.1) is 11.8 Å². The molecule has 2 aromatic rings. The van der Waals surface area contributed by atoms with Crippen molar-refractivity contribution < 1.29 is 19.1 Å². The summed E-state index contributed by atoms with van der Waals surface area (Å²) in [6.07, 6.45) is 0.581. The van der Waals surface area contributed by atoms with Crippen LogP contribution in [0.2, 0.25) is 0 Å². The van der Waals surface area contributed by atoms with E-state index in [9.17, 15) is 9.59 Å². The van der Waals surface area contributed by atoms with Gasteiger partial charge in [-0.2, -0.15) is 0 Å². The van der Waals surface area contributed by atoms with Crippen molar-refractivity contribution in [1.82, 2.24) is 5.32 Å². The van der Waals surface area contributed by atoms with E-state index in [0.29, 0.717) is 25.3 Å². The number of carbonyl (C=O) groups is 2. The molecule has 3 rings (SSSR count). The molecule has 0 aliphatic heterocycles. The summed E-state index contributed by atoms with van der Waals surface area (Å²) in [4.78, 5) is 24.6. The first-order chi connectivity index (χ1) is 13.1. The number of carbonyl (C=O) groups excluding carboxylic acids is 2. The van der Waals surface area contributed by atoms with Crippen molar-refractivity contribution in [2.45, 2.75) is 19.9 Å². The van der Waals surface area contributed by atoms with Gasteiger partial charge in [-0.1, -0.05) is 12.1 Å². The molecular formula is C21H24N2O4. The summed E-state index contributed by atoms with van der Waals surface area (Å²) >= 11 is 0. The van der Waals surface area contributed by atoms with Crippen LogP contribution in [0.1, 0.15) is 18.9 Å². The van der Waals surface area contributed by atoms with Crippen molar-refractivity contribution in [3.63, 3.8) is 0 Å². The summed E-state index contributed by atoms with van der Waals surface area (Å²) in [6, 6.07) is 14.7. The quantitative estimate of drug-likeness (QED) is 0.751. The Balaban J connectivity index is 1.44. The largest absolute Gasteiger partial charge is 0.497 e. The number of methoxy groups -OCH3 is 1. The third-order valence-electron chi connectivity index (χ3n) is 4.52. The monoisotopic (exact) mass is 368 g/mol. The molecule has 2 amide bonds. The van der Waals surface area contributed by atoms with E-state index in [1.54, 1.807) is 19.2 Å². The SMILES string of the molecule is CCOc1ccc(NC(=O)C2CC2C(=O)NCc2ccc(OC)cc2)cc1. The molecule has 0 aromatic heterocycles. The fourth-order valence-corrected chi connectivity index (χ4v) is 2.87. The molecule has 1 fully saturated rings. The fraction of sp³-hybridized carbons (Fsp3) is 0.333. The number of hydrogen-bond acceptors (Lipinski definition) is 4. The lowest BCUT2D eigenvalue weighted by atomic mass is 10.2. The van der Waals surface area contributed by atoms with Crippen LogP contribution >= 0.6 is 0 Å². The average molecular weight is 368 g/mol. The Morgan fingerprint density at radius 2 is 1.59 bits per heavy atom. The third kappa shape index (κ3) is 5.00. The van der Waals surface area contributed by atoms with Crippen LogP contribution in [0.4, 0.5) is 5.69 Å². The predicted octanol–water partition coefficient (Wildman–Crippen LogP) is 2.98. The maximum atomic E-state index is 12.3. The van der Waals surface area contributed by atoms with Gasteiger partial charge in [-0.15, -0.1) is 0 Å². The molecule has 2 aromatic carbocycles. The molecule has 6 heteroatoms. The number of benzene rings is 2. The molecule has 27 heavy (non-hydrogen) atoms. The summed E-state index contributed by atoms with van der Waals surface area (Å²) in [5.41, 5.74) is 1.69. The van der Waals surface area contributed by atoms with Crippen LogP contribution in [0.3, 0.4) is 0 Å². The van der Waals surface area contributed by atoms with Gasteiger partial charge < -0.3 is 20.1 Å². The minimum Gasteiger partial charge on any atom is -0.497 e. The van der Waals surface area contributed by atoms with Crippen LogP contribution in [0.5, 0.6) is 11.5 Å². The number of anilines is 1. The van der Waals surface area contributed by atoms with E-state index >= 15 is 0 Å². The number of nitrogens with one attached hydrogen (secondary N) is 2. The number of ether oxygens (including phenoxy) is 2. The molecule has 0 bridgehead atoms. The lowest BCUT2D eigenvalue weighted by Crippen LogP contribution is -2.27. The Morgan fingerprint density at radius 3 is 2.22 bits per heavy atom. The topological polar surface area (TPSA) is 76.7 Å². The number of rotatable bonds is 8. The molecule has 2 unspecified atom stereocenters. The third-order valence-corrected chi connectivity index (χ3v) is 4.52. The standard InChI is InChI=1S/C21H24N2O4/c1-3-27-17-10-6-15(7-11-17)23-21(25)19-12-18(19)20(24)22-13-14-4-8-16(26-2)9-5-14/h4-11,18-19H,3,12-13H2,1-2H3,(H,22,24)(H,23,25). The van der Waals surface area contributed by atoms with E-state index in [1.165, 1.54) is 0 Å². The Bertz CT molecular complexity index is 787. The van der Waals surface area contributed by atoms with Gasteiger partial charge in [0, 0.05) is 12.2 Å². The first-order valence-corrected chi connectivity index (χ1v) is 9.05. The molecule has 1 saturated carbocycles. The second-order valence-corrected chi connectivity index (χ2v) is 6.46. The van der Waals surface area contributed by atoms with Crippen LogP contribution in [0.25, 0.3) is 0 Å². The molecule has 0 saturated heterocycles. The van der Waals surface area contributed by atoms with Gasteiger partial charge in [0.25, 0.3) is 0 Å². The van der Waals surface area contributed by atoms with Crippen molar-refractivity contribution in [2.24, 2.45) is 11.8 Å². The zero-order valence-electron chi connectivity index (χ0n) is 15.5. The molecule has 2 N–H and O–H groups in total. The van der Waals surface area contributed by atoms with E-state index in [1.807, 2.05) is 43.3 Å². The zero-order valence-corrected chi connectivity index (χ0v) is 15.5. The van der Waals surface area contributed by atoms with Gasteiger partial charge in [0.15, 0.2) is 0 Å². The molecule has 1 aliphatic carbocycles. The van der Waals surface area contributed by atoms with Crippen LogP contribution in [-0.2, 0) is 16.1 Å². The van der Waals surface area contributed by atoms with Crippen LogP contribution in [0.15, 0.2) is 48.5 Å². The zero-order chi connectivity index (χ0) is 19.2. The second kappa shape index (κ2) is 8.58. The van der Waals surface area contributed by atoms with E-state index < -0.39 is 0 Å². The minimum absolute atomic E-state index is 0.0855. The van der Waals surface area contributed by atoms with E-state index in [2.05, 4.69) is 10.6 Å². The van der Waals surface area contributed by atoms with Crippen LogP contribution in [-0.4, -0.2) is 25.5 Å². The normalized spacial score (nSPS) is 17.7. The van der Waals surface area contributed by atoms with Crippen molar-refractivity contribution in [2.75, 3.05) is 19.0 Å². The molecule has 6 nitrogen and oxygen atoms in total. The highest BCUT2D eigenvalue weighted by Gasteiger charge is 2.47. The number of hydrogen-bond donors (Lipinski definition) is 2. The molecule has 2 atom stereocenters. The Hall–Kier alpha value is -3.02. The first-order valence-electron chi connectivity index (χ1n) is 9.05. The predicted molar refractivity (Wildman–Crippen MR) is 103 cm³/mol. The smallest absolute Gasteiger partial charge is 0.228 e. The summed E-state index contributed by atoms with van der Waals surface area (Å²) in [5, 5.41) is 5.75. The van der Waals surface area contributed by atoms with Crippen molar-refractivity contribution >= 4 is 17.5 Å². The Labute approximate surface area is 158 Å². The molecule has 142 valence electrons. The Morgan fingerprint density at radius 1 is 0.963 bits per heavy atom. The van der Waals surface area contributed by atoms with Gasteiger partial charge in [0.2, 0.25) is 11.8 Å². The highest BCUT2D eigenvalue weighted by Crippen LogP contribution is 2.39. The van der Waals surface area contributed by atoms with E-state index in [4.69, 9.17) is 9.47 Å². The van der Waals surface area contributed by atoms with E-state index in [0.717, 1.165) is 17.1 Å². The summed E-state index contributed by atoms with van der Waals surface area (Å²) in [5.74, 6) is 0.802. The highest BCUT2D eigenvalue weighted by molar-refractivity contribution is 5.99. The molecule has 0 spiro atoms. The minimum atomic E-state index is -0.271. The Kier molecular flexibility index (Phi) is 5.96. The average Bonchev–Trinajstić information content (AvgIpc) is 3.49. The molecule has 0 heterocycles. The molecular weight excluding hydrogens is 344 g/mol. The van der Waals surface area contributed by atoms with Gasteiger partial charge in [-0.3, -0.25) is 9.59 Å². The van der Waals surface area contributed by atoms with Gasteiger partial charge in [0.05, 0.1) is 25.6 Å². The fourth-order valence-electron chi connectivity index (χ4n) is 2.87. The van der Waals surface area contributed by atoms with Crippen molar-refractivity contribution in [3.8, 4) is 11.5 Å².